The van der Waals surface area contributed by atoms with Gasteiger partial charge in [0.25, 0.3) is 0 Å². The van der Waals surface area contributed by atoms with E-state index in [2.05, 4.69) is 16.2 Å². The van der Waals surface area contributed by atoms with Crippen LogP contribution in [0.5, 0.6) is 0 Å². The van der Waals surface area contributed by atoms with E-state index in [4.69, 9.17) is 10.2 Å². The summed E-state index contributed by atoms with van der Waals surface area (Å²) in [6.45, 7) is 4.16. The normalized spacial score (nSPS) is 14.0. The number of halogens is 2. The molecule has 0 radical (unpaired) electrons. The first-order chi connectivity index (χ1) is 14.9. The number of hydrogen-bond acceptors (Lipinski definition) is 5. The molecule has 5 nitrogen and oxygen atoms in total. The Kier molecular flexibility index (Phi) is 5.61. The number of thiazole rings is 1. The number of rotatable bonds is 6. The van der Waals surface area contributed by atoms with Crippen molar-refractivity contribution in [1.82, 2.24) is 19.7 Å². The second kappa shape index (κ2) is 8.36. The van der Waals surface area contributed by atoms with Crippen molar-refractivity contribution in [2.75, 3.05) is 0 Å². The first kappa shape index (κ1) is 20.8. The third kappa shape index (κ3) is 4.09. The van der Waals surface area contributed by atoms with E-state index in [9.17, 15) is 8.78 Å². The van der Waals surface area contributed by atoms with Gasteiger partial charge in [-0.05, 0) is 35.9 Å². The minimum atomic E-state index is -0.834. The Hall–Kier alpha value is -3.44. The van der Waals surface area contributed by atoms with Crippen molar-refractivity contribution in [3.63, 3.8) is 0 Å². The predicted molar refractivity (Wildman–Crippen MR) is 114 cm³/mol. The molecule has 2 aromatic heterocycles. The molecule has 0 bridgehead atoms. The molecule has 2 aromatic carbocycles. The molecule has 8 heteroatoms. The van der Waals surface area contributed by atoms with E-state index in [0.717, 1.165) is 28.4 Å². The van der Waals surface area contributed by atoms with E-state index >= 15 is 0 Å². The van der Waals surface area contributed by atoms with Gasteiger partial charge in [0.15, 0.2) is 0 Å². The Morgan fingerprint density at radius 1 is 1.19 bits per heavy atom. The molecule has 0 N–H and O–H groups in total. The molecule has 0 saturated carbocycles. The molecule has 0 amide bonds. The van der Waals surface area contributed by atoms with Gasteiger partial charge in [0, 0.05) is 22.3 Å². The molecular formula is C23H19F2N5S. The van der Waals surface area contributed by atoms with Crippen LogP contribution in [0, 0.1) is 23.0 Å². The van der Waals surface area contributed by atoms with Crippen LogP contribution in [0.25, 0.3) is 11.3 Å². The Morgan fingerprint density at radius 2 is 1.97 bits per heavy atom. The Morgan fingerprint density at radius 3 is 2.65 bits per heavy atom. The van der Waals surface area contributed by atoms with E-state index in [1.807, 2.05) is 31.4 Å². The molecule has 0 aliphatic rings. The fraction of sp³-hybridized carbons (Fsp3) is 0.217. The van der Waals surface area contributed by atoms with Crippen molar-refractivity contribution in [1.29, 1.82) is 5.26 Å². The molecular weight excluding hydrogens is 416 g/mol. The first-order valence-corrected chi connectivity index (χ1v) is 10.5. The lowest BCUT2D eigenvalue weighted by Crippen LogP contribution is -2.35. The fourth-order valence-corrected chi connectivity index (χ4v) is 4.69. The van der Waals surface area contributed by atoms with Crippen LogP contribution >= 0.6 is 11.3 Å². The maximum atomic E-state index is 14.9. The molecule has 156 valence electrons. The van der Waals surface area contributed by atoms with Gasteiger partial charge in [-0.15, -0.1) is 11.3 Å². The Balaban J connectivity index is 1.74. The standard InChI is InChI=1S/C23H19F2N5S/c1-15(22-29-21(11-31-22)17-5-3-16(10-26)4-6-17)23(2,12-30-14-27-13-28-30)19-9-18(24)7-8-20(19)25/h3-9,11,13-15H,12H2,1-2H3. The smallest absolute Gasteiger partial charge is 0.137 e. The van der Waals surface area contributed by atoms with Crippen LogP contribution in [0.3, 0.4) is 0 Å². The minimum Gasteiger partial charge on any atom is -0.252 e. The van der Waals surface area contributed by atoms with Gasteiger partial charge in [-0.1, -0.05) is 26.0 Å². The second-order valence-corrected chi connectivity index (χ2v) is 8.51. The van der Waals surface area contributed by atoms with Gasteiger partial charge in [-0.25, -0.2) is 18.7 Å². The maximum absolute atomic E-state index is 14.9. The van der Waals surface area contributed by atoms with E-state index in [0.29, 0.717) is 12.1 Å². The molecule has 0 aliphatic carbocycles. The number of nitriles is 1. The molecule has 0 spiro atoms. The van der Waals surface area contributed by atoms with Crippen LogP contribution in [-0.2, 0) is 12.0 Å². The zero-order valence-electron chi connectivity index (χ0n) is 17.0. The average molecular weight is 436 g/mol. The van der Waals surface area contributed by atoms with Crippen molar-refractivity contribution in [3.05, 3.63) is 88.3 Å². The highest BCUT2D eigenvalue weighted by molar-refractivity contribution is 7.10. The summed E-state index contributed by atoms with van der Waals surface area (Å²) in [5, 5.41) is 15.9. The van der Waals surface area contributed by atoms with Crippen LogP contribution in [-0.4, -0.2) is 19.7 Å². The summed E-state index contributed by atoms with van der Waals surface area (Å²) < 4.78 is 30.5. The summed E-state index contributed by atoms with van der Waals surface area (Å²) in [5.74, 6) is -1.21. The monoisotopic (exact) mass is 435 g/mol. The highest BCUT2D eigenvalue weighted by Crippen LogP contribution is 2.43. The van der Waals surface area contributed by atoms with Crippen molar-refractivity contribution in [2.45, 2.75) is 31.7 Å². The first-order valence-electron chi connectivity index (χ1n) is 9.64. The molecule has 0 aliphatic heterocycles. The van der Waals surface area contributed by atoms with Crippen molar-refractivity contribution in [2.24, 2.45) is 0 Å². The predicted octanol–water partition coefficient (Wildman–Crippen LogP) is 5.31. The molecule has 2 unspecified atom stereocenters. The third-order valence-electron chi connectivity index (χ3n) is 5.66. The SMILES string of the molecule is CC(c1nc(-c2ccc(C#N)cc2)cs1)C(C)(Cn1cncn1)c1cc(F)ccc1F. The molecule has 2 atom stereocenters. The van der Waals surface area contributed by atoms with Crippen LogP contribution in [0.1, 0.15) is 35.9 Å². The second-order valence-electron chi connectivity index (χ2n) is 7.62. The Bertz CT molecular complexity index is 1230. The maximum Gasteiger partial charge on any atom is 0.137 e. The summed E-state index contributed by atoms with van der Waals surface area (Å²) >= 11 is 1.47. The number of benzene rings is 2. The molecule has 4 rings (SSSR count). The molecule has 0 fully saturated rings. The van der Waals surface area contributed by atoms with Crippen LogP contribution in [0.2, 0.25) is 0 Å². The van der Waals surface area contributed by atoms with Crippen LogP contribution < -0.4 is 0 Å². The highest BCUT2D eigenvalue weighted by Gasteiger charge is 2.39. The summed E-state index contributed by atoms with van der Waals surface area (Å²) in [6.07, 6.45) is 2.98. The van der Waals surface area contributed by atoms with Gasteiger partial charge in [0.2, 0.25) is 0 Å². The minimum absolute atomic E-state index is 0.245. The van der Waals surface area contributed by atoms with Crippen LogP contribution in [0.15, 0.2) is 60.5 Å². The number of nitrogens with zero attached hydrogens (tertiary/aromatic N) is 5. The molecule has 4 aromatic rings. The lowest BCUT2D eigenvalue weighted by atomic mass is 9.72. The van der Waals surface area contributed by atoms with Gasteiger partial charge >= 0.3 is 0 Å². The van der Waals surface area contributed by atoms with Crippen LogP contribution in [0.4, 0.5) is 8.78 Å². The molecule has 31 heavy (non-hydrogen) atoms. The van der Waals surface area contributed by atoms with Gasteiger partial charge < -0.3 is 0 Å². The average Bonchev–Trinajstić information content (AvgIpc) is 3.47. The van der Waals surface area contributed by atoms with E-state index in [-0.39, 0.29) is 11.5 Å². The van der Waals surface area contributed by atoms with Gasteiger partial charge in [0.05, 0.1) is 28.9 Å². The van der Waals surface area contributed by atoms with Gasteiger partial charge in [-0.3, -0.25) is 4.68 Å². The number of hydrogen-bond donors (Lipinski definition) is 0. The van der Waals surface area contributed by atoms with Crippen molar-refractivity contribution >= 4 is 11.3 Å². The zero-order valence-corrected chi connectivity index (χ0v) is 17.8. The largest absolute Gasteiger partial charge is 0.252 e. The Labute approximate surface area is 182 Å². The zero-order chi connectivity index (χ0) is 22.0. The quantitative estimate of drug-likeness (QED) is 0.411. The lowest BCUT2D eigenvalue weighted by molar-refractivity contribution is 0.309. The topological polar surface area (TPSA) is 67.4 Å². The molecule has 2 heterocycles. The lowest BCUT2D eigenvalue weighted by Gasteiger charge is -2.35. The van der Waals surface area contributed by atoms with Gasteiger partial charge in [-0.2, -0.15) is 10.4 Å². The highest BCUT2D eigenvalue weighted by atomic mass is 32.1. The summed E-state index contributed by atoms with van der Waals surface area (Å²) in [7, 11) is 0. The van der Waals surface area contributed by atoms with E-state index in [1.54, 1.807) is 23.1 Å². The summed E-state index contributed by atoms with van der Waals surface area (Å²) in [6, 6.07) is 12.8. The molecule has 0 saturated heterocycles. The third-order valence-corrected chi connectivity index (χ3v) is 6.69. The fourth-order valence-electron chi connectivity index (χ4n) is 3.65. The van der Waals surface area contributed by atoms with Crippen molar-refractivity contribution in [3.8, 4) is 17.3 Å². The van der Waals surface area contributed by atoms with E-state index < -0.39 is 17.0 Å². The summed E-state index contributed by atoms with van der Waals surface area (Å²) in [4.78, 5) is 8.76. The summed E-state index contributed by atoms with van der Waals surface area (Å²) in [5.41, 5.74) is 1.68. The van der Waals surface area contributed by atoms with Crippen molar-refractivity contribution < 1.29 is 8.78 Å². The number of aromatic nitrogens is 4. The van der Waals surface area contributed by atoms with E-state index in [1.165, 1.54) is 23.7 Å². The van der Waals surface area contributed by atoms with Gasteiger partial charge in [0.1, 0.15) is 24.3 Å².